The van der Waals surface area contributed by atoms with Crippen molar-refractivity contribution in [1.82, 2.24) is 0 Å². The fraction of sp³-hybridized carbons (Fsp3) is 0.571. The Bertz CT molecular complexity index is 308. The number of aliphatic hydroxyl groups is 1. The predicted octanol–water partition coefficient (Wildman–Crippen LogP) is 3.10. The van der Waals surface area contributed by atoms with Crippen molar-refractivity contribution < 1.29 is 9.84 Å². The minimum atomic E-state index is 0.321. The molecule has 1 aromatic carbocycles. The molecular weight excluding hydrogens is 200 g/mol. The molecule has 1 rings (SSSR count). The van der Waals surface area contributed by atoms with Crippen LogP contribution in [0.3, 0.4) is 0 Å². The average molecular weight is 222 g/mol. The van der Waals surface area contributed by atoms with Crippen LogP contribution in [0.15, 0.2) is 18.2 Å². The molecule has 0 spiro atoms. The lowest BCUT2D eigenvalue weighted by molar-refractivity contribution is 0.282. The molecular formula is C14H22O2. The van der Waals surface area contributed by atoms with E-state index < -0.39 is 0 Å². The van der Waals surface area contributed by atoms with Crippen LogP contribution in [0.2, 0.25) is 0 Å². The summed E-state index contributed by atoms with van der Waals surface area (Å²) in [5, 5.41) is 8.66. The number of rotatable bonds is 7. The van der Waals surface area contributed by atoms with Gasteiger partial charge in [0, 0.05) is 6.61 Å². The smallest absolute Gasteiger partial charge is 0.121 e. The van der Waals surface area contributed by atoms with Crippen molar-refractivity contribution in [2.75, 3.05) is 13.7 Å². The van der Waals surface area contributed by atoms with E-state index >= 15 is 0 Å². The molecule has 16 heavy (non-hydrogen) atoms. The van der Waals surface area contributed by atoms with Gasteiger partial charge in [-0.15, -0.1) is 0 Å². The number of ether oxygens (including phenoxy) is 1. The first-order valence-electron chi connectivity index (χ1n) is 6.02. The van der Waals surface area contributed by atoms with Crippen LogP contribution >= 0.6 is 0 Å². The zero-order valence-electron chi connectivity index (χ0n) is 10.3. The Morgan fingerprint density at radius 2 is 1.88 bits per heavy atom. The third-order valence-electron chi connectivity index (χ3n) is 2.83. The first-order chi connectivity index (χ1) is 7.77. The molecule has 0 aliphatic rings. The van der Waals surface area contributed by atoms with Gasteiger partial charge in [0.2, 0.25) is 0 Å². The largest absolute Gasteiger partial charge is 0.496 e. The number of hydrogen-bond donors (Lipinski definition) is 1. The molecule has 0 fully saturated rings. The summed E-state index contributed by atoms with van der Waals surface area (Å²) in [6, 6.07) is 6.38. The van der Waals surface area contributed by atoms with Gasteiger partial charge in [0.15, 0.2) is 0 Å². The molecule has 0 aliphatic carbocycles. The van der Waals surface area contributed by atoms with E-state index in [0.717, 1.165) is 25.0 Å². The first-order valence-corrected chi connectivity index (χ1v) is 6.02. The lowest BCUT2D eigenvalue weighted by Gasteiger charge is -2.07. The second kappa shape index (κ2) is 7.29. The third kappa shape index (κ3) is 4.23. The summed E-state index contributed by atoms with van der Waals surface area (Å²) in [4.78, 5) is 0. The number of hydrogen-bond acceptors (Lipinski definition) is 2. The van der Waals surface area contributed by atoms with Crippen LogP contribution in [0, 0.1) is 6.92 Å². The fourth-order valence-corrected chi connectivity index (χ4v) is 1.89. The van der Waals surface area contributed by atoms with Gasteiger partial charge in [0.05, 0.1) is 7.11 Å². The maximum Gasteiger partial charge on any atom is 0.121 e. The number of aliphatic hydroxyl groups excluding tert-OH is 1. The second-order valence-electron chi connectivity index (χ2n) is 4.19. The van der Waals surface area contributed by atoms with Crippen molar-refractivity contribution in [3.8, 4) is 5.75 Å². The summed E-state index contributed by atoms with van der Waals surface area (Å²) in [6.07, 6.45) is 5.58. The van der Waals surface area contributed by atoms with Gasteiger partial charge in [0.1, 0.15) is 5.75 Å². The number of benzene rings is 1. The van der Waals surface area contributed by atoms with Crippen molar-refractivity contribution in [2.45, 2.75) is 39.0 Å². The maximum atomic E-state index is 8.66. The summed E-state index contributed by atoms with van der Waals surface area (Å²) in [7, 11) is 1.71. The van der Waals surface area contributed by atoms with E-state index in [4.69, 9.17) is 9.84 Å². The van der Waals surface area contributed by atoms with Crippen molar-refractivity contribution in [2.24, 2.45) is 0 Å². The van der Waals surface area contributed by atoms with E-state index in [9.17, 15) is 0 Å². The van der Waals surface area contributed by atoms with Crippen molar-refractivity contribution >= 4 is 0 Å². The molecule has 0 saturated heterocycles. The molecule has 1 aromatic rings. The van der Waals surface area contributed by atoms with E-state index in [1.807, 2.05) is 6.07 Å². The molecule has 0 aliphatic heterocycles. The van der Waals surface area contributed by atoms with Gasteiger partial charge in [-0.2, -0.15) is 0 Å². The summed E-state index contributed by atoms with van der Waals surface area (Å²) < 4.78 is 5.23. The molecule has 0 amide bonds. The van der Waals surface area contributed by atoms with Crippen LogP contribution in [0.1, 0.15) is 36.8 Å². The van der Waals surface area contributed by atoms with Gasteiger partial charge in [-0.1, -0.05) is 25.0 Å². The lowest BCUT2D eigenvalue weighted by atomic mass is 10.0. The topological polar surface area (TPSA) is 29.5 Å². The zero-order chi connectivity index (χ0) is 11.8. The SMILES string of the molecule is COc1ccc(CCCCCCO)cc1C. The van der Waals surface area contributed by atoms with Gasteiger partial charge in [0.25, 0.3) is 0 Å². The van der Waals surface area contributed by atoms with Crippen LogP contribution in [-0.4, -0.2) is 18.8 Å². The molecule has 0 atom stereocenters. The van der Waals surface area contributed by atoms with E-state index in [2.05, 4.69) is 19.1 Å². The molecule has 0 bridgehead atoms. The Morgan fingerprint density at radius 1 is 1.12 bits per heavy atom. The number of unbranched alkanes of at least 4 members (excludes halogenated alkanes) is 3. The minimum Gasteiger partial charge on any atom is -0.496 e. The summed E-state index contributed by atoms with van der Waals surface area (Å²) in [5.41, 5.74) is 2.58. The van der Waals surface area contributed by atoms with Crippen LogP contribution in [0.5, 0.6) is 5.75 Å². The summed E-state index contributed by atoms with van der Waals surface area (Å²) in [5.74, 6) is 0.962. The highest BCUT2D eigenvalue weighted by molar-refractivity contribution is 5.36. The first kappa shape index (κ1) is 13.0. The van der Waals surface area contributed by atoms with E-state index in [1.165, 1.54) is 24.0 Å². The monoisotopic (exact) mass is 222 g/mol. The number of methoxy groups -OCH3 is 1. The van der Waals surface area contributed by atoms with Crippen LogP contribution < -0.4 is 4.74 Å². The molecule has 0 radical (unpaired) electrons. The second-order valence-corrected chi connectivity index (χ2v) is 4.19. The molecule has 0 aromatic heterocycles. The van der Waals surface area contributed by atoms with Crippen LogP contribution in [0.4, 0.5) is 0 Å². The summed E-state index contributed by atoms with van der Waals surface area (Å²) >= 11 is 0. The van der Waals surface area contributed by atoms with Crippen molar-refractivity contribution in [3.63, 3.8) is 0 Å². The van der Waals surface area contributed by atoms with Crippen molar-refractivity contribution in [3.05, 3.63) is 29.3 Å². The van der Waals surface area contributed by atoms with Gasteiger partial charge < -0.3 is 9.84 Å². The van der Waals surface area contributed by atoms with E-state index in [0.29, 0.717) is 6.61 Å². The van der Waals surface area contributed by atoms with Gasteiger partial charge in [-0.3, -0.25) is 0 Å². The van der Waals surface area contributed by atoms with Crippen LogP contribution in [-0.2, 0) is 6.42 Å². The minimum absolute atomic E-state index is 0.321. The molecule has 2 nitrogen and oxygen atoms in total. The molecule has 0 saturated carbocycles. The lowest BCUT2D eigenvalue weighted by Crippen LogP contribution is -1.91. The van der Waals surface area contributed by atoms with Gasteiger partial charge in [-0.05, 0) is 43.4 Å². The maximum absolute atomic E-state index is 8.66. The normalized spacial score (nSPS) is 10.4. The Labute approximate surface area is 98.3 Å². The Morgan fingerprint density at radius 3 is 2.50 bits per heavy atom. The summed E-state index contributed by atoms with van der Waals surface area (Å²) in [6.45, 7) is 2.40. The Hall–Kier alpha value is -1.02. The highest BCUT2D eigenvalue weighted by atomic mass is 16.5. The molecule has 1 N–H and O–H groups in total. The standard InChI is InChI=1S/C14H22O2/c1-12-11-13(8-9-14(12)16-2)7-5-3-4-6-10-15/h8-9,11,15H,3-7,10H2,1-2H3. The van der Waals surface area contributed by atoms with E-state index in [1.54, 1.807) is 7.11 Å². The van der Waals surface area contributed by atoms with Gasteiger partial charge in [-0.25, -0.2) is 0 Å². The average Bonchev–Trinajstić information content (AvgIpc) is 2.29. The molecule has 2 heteroatoms. The molecule has 0 heterocycles. The molecule has 0 unspecified atom stereocenters. The highest BCUT2D eigenvalue weighted by Gasteiger charge is 1.99. The highest BCUT2D eigenvalue weighted by Crippen LogP contribution is 2.19. The number of aryl methyl sites for hydroxylation is 2. The fourth-order valence-electron chi connectivity index (χ4n) is 1.89. The Kier molecular flexibility index (Phi) is 5.94. The van der Waals surface area contributed by atoms with Crippen LogP contribution in [0.25, 0.3) is 0 Å². The van der Waals surface area contributed by atoms with Crippen molar-refractivity contribution in [1.29, 1.82) is 0 Å². The Balaban J connectivity index is 2.34. The zero-order valence-corrected chi connectivity index (χ0v) is 10.3. The molecule has 90 valence electrons. The van der Waals surface area contributed by atoms with Gasteiger partial charge >= 0.3 is 0 Å². The predicted molar refractivity (Wildman–Crippen MR) is 67.0 cm³/mol. The third-order valence-corrected chi connectivity index (χ3v) is 2.83. The quantitative estimate of drug-likeness (QED) is 0.718. The van der Waals surface area contributed by atoms with E-state index in [-0.39, 0.29) is 0 Å².